The Kier molecular flexibility index (Phi) is 3.42. The topological polar surface area (TPSA) is 35.6 Å². The number of benzene rings is 1. The lowest BCUT2D eigenvalue weighted by Crippen LogP contribution is -2.52. The van der Waals surface area contributed by atoms with Crippen LogP contribution < -0.4 is 15.1 Å². The van der Waals surface area contributed by atoms with Crippen molar-refractivity contribution in [2.45, 2.75) is 25.3 Å². The van der Waals surface area contributed by atoms with Crippen molar-refractivity contribution in [2.75, 3.05) is 36.5 Å². The Morgan fingerprint density at radius 3 is 2.74 bits per heavy atom. The van der Waals surface area contributed by atoms with Gasteiger partial charge in [0, 0.05) is 20.1 Å². The molecule has 2 aliphatic heterocycles. The van der Waals surface area contributed by atoms with Gasteiger partial charge in [0.1, 0.15) is 0 Å². The standard InChI is InChI=1S/C15H21N3O/c1-17-10-11-18(14-8-3-2-7-13(14)17)15(19)12-6-4-5-9-16-12/h2-3,7-8,12,16H,4-6,9-11H2,1H3/t12-/m1/s1. The third kappa shape index (κ3) is 2.32. The van der Waals surface area contributed by atoms with Crippen molar-refractivity contribution in [3.05, 3.63) is 24.3 Å². The number of amides is 1. The van der Waals surface area contributed by atoms with Gasteiger partial charge in [-0.05, 0) is 31.5 Å². The Bertz CT molecular complexity index is 468. The summed E-state index contributed by atoms with van der Waals surface area (Å²) >= 11 is 0. The molecule has 19 heavy (non-hydrogen) atoms. The van der Waals surface area contributed by atoms with E-state index in [0.29, 0.717) is 0 Å². The third-order valence-electron chi connectivity index (χ3n) is 4.12. The number of nitrogens with one attached hydrogen (secondary N) is 1. The maximum absolute atomic E-state index is 12.7. The summed E-state index contributed by atoms with van der Waals surface area (Å²) < 4.78 is 0. The van der Waals surface area contributed by atoms with Gasteiger partial charge in [0.2, 0.25) is 5.91 Å². The second-order valence-corrected chi connectivity index (χ2v) is 5.40. The number of likely N-dealkylation sites (N-methyl/N-ethyl adjacent to an activating group) is 1. The molecule has 4 nitrogen and oxygen atoms in total. The quantitative estimate of drug-likeness (QED) is 0.832. The molecule has 0 bridgehead atoms. The Labute approximate surface area is 114 Å². The zero-order valence-electron chi connectivity index (χ0n) is 11.4. The lowest BCUT2D eigenvalue weighted by atomic mass is 10.0. The van der Waals surface area contributed by atoms with E-state index in [4.69, 9.17) is 0 Å². The number of fused-ring (bicyclic) bond motifs is 1. The van der Waals surface area contributed by atoms with E-state index in [1.165, 1.54) is 6.42 Å². The molecule has 0 radical (unpaired) electrons. The minimum absolute atomic E-state index is 0.00483. The van der Waals surface area contributed by atoms with E-state index >= 15 is 0 Å². The Hall–Kier alpha value is -1.55. The number of hydrogen-bond donors (Lipinski definition) is 1. The molecule has 1 saturated heterocycles. The van der Waals surface area contributed by atoms with Crippen molar-refractivity contribution >= 4 is 17.3 Å². The number of para-hydroxylation sites is 2. The summed E-state index contributed by atoms with van der Waals surface area (Å²) in [6, 6.07) is 8.17. The van der Waals surface area contributed by atoms with Crippen LogP contribution >= 0.6 is 0 Å². The number of carbonyl (C=O) groups excluding carboxylic acids is 1. The SMILES string of the molecule is CN1CCN(C(=O)[C@H]2CCCCN2)c2ccccc21. The van der Waals surface area contributed by atoms with Crippen LogP contribution in [0.2, 0.25) is 0 Å². The van der Waals surface area contributed by atoms with Gasteiger partial charge < -0.3 is 15.1 Å². The van der Waals surface area contributed by atoms with Crippen molar-refractivity contribution in [1.29, 1.82) is 0 Å². The summed E-state index contributed by atoms with van der Waals surface area (Å²) in [7, 11) is 2.08. The normalized spacial score (nSPS) is 23.1. The van der Waals surface area contributed by atoms with Gasteiger partial charge in [-0.1, -0.05) is 18.6 Å². The van der Waals surface area contributed by atoms with Crippen molar-refractivity contribution in [3.63, 3.8) is 0 Å². The van der Waals surface area contributed by atoms with Crippen LogP contribution in [-0.4, -0.2) is 38.6 Å². The fourth-order valence-electron chi connectivity index (χ4n) is 2.99. The average Bonchev–Trinajstić information content (AvgIpc) is 2.48. The van der Waals surface area contributed by atoms with Gasteiger partial charge in [0.25, 0.3) is 0 Å². The van der Waals surface area contributed by atoms with Crippen LogP contribution in [0.4, 0.5) is 11.4 Å². The number of hydrogen-bond acceptors (Lipinski definition) is 3. The summed E-state index contributed by atoms with van der Waals surface area (Å²) in [5, 5.41) is 3.35. The summed E-state index contributed by atoms with van der Waals surface area (Å²) in [5.74, 6) is 0.236. The summed E-state index contributed by atoms with van der Waals surface area (Å²) in [4.78, 5) is 16.8. The van der Waals surface area contributed by atoms with Gasteiger partial charge in [-0.3, -0.25) is 4.79 Å². The van der Waals surface area contributed by atoms with Gasteiger partial charge in [-0.15, -0.1) is 0 Å². The van der Waals surface area contributed by atoms with Crippen LogP contribution in [0, 0.1) is 0 Å². The fraction of sp³-hybridized carbons (Fsp3) is 0.533. The Balaban J connectivity index is 1.85. The first-order valence-corrected chi connectivity index (χ1v) is 7.12. The van der Waals surface area contributed by atoms with Crippen LogP contribution in [0.5, 0.6) is 0 Å². The van der Waals surface area contributed by atoms with E-state index in [9.17, 15) is 4.79 Å². The van der Waals surface area contributed by atoms with E-state index in [1.807, 2.05) is 23.1 Å². The van der Waals surface area contributed by atoms with Crippen LogP contribution in [-0.2, 0) is 4.79 Å². The van der Waals surface area contributed by atoms with Gasteiger partial charge in [0.05, 0.1) is 17.4 Å². The smallest absolute Gasteiger partial charge is 0.244 e. The molecular weight excluding hydrogens is 238 g/mol. The first-order valence-electron chi connectivity index (χ1n) is 7.12. The molecule has 1 aromatic rings. The van der Waals surface area contributed by atoms with E-state index in [-0.39, 0.29) is 11.9 Å². The van der Waals surface area contributed by atoms with Gasteiger partial charge in [-0.2, -0.15) is 0 Å². The van der Waals surface area contributed by atoms with Gasteiger partial charge in [-0.25, -0.2) is 0 Å². The Morgan fingerprint density at radius 2 is 2.00 bits per heavy atom. The molecule has 102 valence electrons. The highest BCUT2D eigenvalue weighted by atomic mass is 16.2. The molecular formula is C15H21N3O. The van der Waals surface area contributed by atoms with Crippen LogP contribution in [0.25, 0.3) is 0 Å². The lowest BCUT2D eigenvalue weighted by molar-refractivity contribution is -0.121. The molecule has 1 N–H and O–H groups in total. The first kappa shape index (κ1) is 12.5. The first-order chi connectivity index (χ1) is 9.27. The second-order valence-electron chi connectivity index (χ2n) is 5.40. The maximum atomic E-state index is 12.7. The number of carbonyl (C=O) groups is 1. The minimum atomic E-state index is 0.00483. The largest absolute Gasteiger partial charge is 0.371 e. The zero-order chi connectivity index (χ0) is 13.2. The molecule has 1 amide bonds. The molecule has 0 spiro atoms. The van der Waals surface area contributed by atoms with Gasteiger partial charge >= 0.3 is 0 Å². The Morgan fingerprint density at radius 1 is 1.21 bits per heavy atom. The molecule has 0 aromatic heterocycles. The lowest BCUT2D eigenvalue weighted by Gasteiger charge is -2.38. The number of piperidine rings is 1. The molecule has 2 heterocycles. The van der Waals surface area contributed by atoms with Crippen LogP contribution in [0.3, 0.4) is 0 Å². The highest BCUT2D eigenvalue weighted by molar-refractivity contribution is 6.00. The van der Waals surface area contributed by atoms with Gasteiger partial charge in [0.15, 0.2) is 0 Å². The van der Waals surface area contributed by atoms with Crippen LogP contribution in [0.15, 0.2) is 24.3 Å². The van der Waals surface area contributed by atoms with Crippen molar-refractivity contribution < 1.29 is 4.79 Å². The molecule has 1 atom stereocenters. The molecule has 1 fully saturated rings. The van der Waals surface area contributed by atoms with Crippen LogP contribution in [0.1, 0.15) is 19.3 Å². The molecule has 1 aromatic carbocycles. The van der Waals surface area contributed by atoms with E-state index < -0.39 is 0 Å². The predicted molar refractivity (Wildman–Crippen MR) is 77.7 cm³/mol. The van der Waals surface area contributed by atoms with Crippen molar-refractivity contribution in [3.8, 4) is 0 Å². The average molecular weight is 259 g/mol. The summed E-state index contributed by atoms with van der Waals surface area (Å²) in [6.07, 6.45) is 3.30. The molecule has 4 heteroatoms. The molecule has 3 rings (SSSR count). The highest BCUT2D eigenvalue weighted by Gasteiger charge is 2.30. The monoisotopic (exact) mass is 259 g/mol. The molecule has 0 unspecified atom stereocenters. The summed E-state index contributed by atoms with van der Waals surface area (Å²) in [6.45, 7) is 2.64. The number of nitrogens with zero attached hydrogens (tertiary/aromatic N) is 2. The van der Waals surface area contributed by atoms with E-state index in [1.54, 1.807) is 0 Å². The number of rotatable bonds is 1. The zero-order valence-corrected chi connectivity index (χ0v) is 11.4. The minimum Gasteiger partial charge on any atom is -0.371 e. The molecule has 2 aliphatic rings. The predicted octanol–water partition coefficient (Wildman–Crippen LogP) is 1.61. The fourth-order valence-corrected chi connectivity index (χ4v) is 2.99. The third-order valence-corrected chi connectivity index (χ3v) is 4.12. The van der Waals surface area contributed by atoms with Crippen molar-refractivity contribution in [1.82, 2.24) is 5.32 Å². The maximum Gasteiger partial charge on any atom is 0.244 e. The van der Waals surface area contributed by atoms with Crippen molar-refractivity contribution in [2.24, 2.45) is 0 Å². The molecule has 0 aliphatic carbocycles. The van der Waals surface area contributed by atoms with E-state index in [2.05, 4.69) is 23.3 Å². The summed E-state index contributed by atoms with van der Waals surface area (Å²) in [5.41, 5.74) is 2.20. The highest BCUT2D eigenvalue weighted by Crippen LogP contribution is 2.32. The van der Waals surface area contributed by atoms with E-state index in [0.717, 1.165) is 43.9 Å². The second kappa shape index (κ2) is 5.21. The number of anilines is 2. The molecule has 0 saturated carbocycles.